The molecular formula is C18H29N3O2. The van der Waals surface area contributed by atoms with E-state index in [0.29, 0.717) is 32.6 Å². The molecule has 2 heterocycles. The van der Waals surface area contributed by atoms with Gasteiger partial charge in [-0.2, -0.15) is 0 Å². The molecule has 1 aliphatic rings. The summed E-state index contributed by atoms with van der Waals surface area (Å²) in [6.07, 6.45) is 2.22. The van der Waals surface area contributed by atoms with Crippen LogP contribution in [0.5, 0.6) is 0 Å². The molecule has 1 saturated heterocycles. The summed E-state index contributed by atoms with van der Waals surface area (Å²) in [4.78, 5) is 31.9. The van der Waals surface area contributed by atoms with Gasteiger partial charge in [-0.1, -0.05) is 13.8 Å². The maximum absolute atomic E-state index is 12.5. The molecule has 128 valence electrons. The Balaban J connectivity index is 1.87. The fourth-order valence-corrected chi connectivity index (χ4v) is 3.31. The highest BCUT2D eigenvalue weighted by Crippen LogP contribution is 2.16. The van der Waals surface area contributed by atoms with Crippen molar-refractivity contribution in [2.75, 3.05) is 26.2 Å². The monoisotopic (exact) mass is 319 g/mol. The number of carbonyl (C=O) groups excluding carboxylic acids is 2. The lowest BCUT2D eigenvalue weighted by Gasteiger charge is -2.36. The van der Waals surface area contributed by atoms with Crippen molar-refractivity contribution in [2.45, 2.75) is 47.0 Å². The minimum absolute atomic E-state index is 0.128. The van der Waals surface area contributed by atoms with Gasteiger partial charge in [-0.15, -0.1) is 0 Å². The molecule has 0 atom stereocenters. The molecule has 0 bridgehead atoms. The maximum Gasteiger partial charge on any atom is 0.227 e. The molecule has 0 aliphatic carbocycles. The van der Waals surface area contributed by atoms with Gasteiger partial charge in [0.25, 0.3) is 0 Å². The second kappa shape index (κ2) is 7.66. The summed E-state index contributed by atoms with van der Waals surface area (Å²) in [6, 6.07) is 2.04. The van der Waals surface area contributed by atoms with Crippen molar-refractivity contribution in [1.82, 2.24) is 14.8 Å². The van der Waals surface area contributed by atoms with E-state index in [1.165, 1.54) is 0 Å². The average molecular weight is 319 g/mol. The molecule has 5 heteroatoms. The average Bonchev–Trinajstić information content (AvgIpc) is 2.86. The molecule has 2 amide bonds. The first-order valence-electron chi connectivity index (χ1n) is 8.67. The fraction of sp³-hybridized carbons (Fsp3) is 0.667. The van der Waals surface area contributed by atoms with Gasteiger partial charge in [-0.25, -0.2) is 0 Å². The standard InChI is InChI=1S/C18H29N3O2/c1-5-15(6-2)18(23)21-9-7-20(8-10-21)17(22)12-16-11-13(3)19-14(16)4/h11,15,19H,5-10,12H2,1-4H3. The number of nitrogens with zero attached hydrogens (tertiary/aromatic N) is 2. The van der Waals surface area contributed by atoms with E-state index in [-0.39, 0.29) is 17.7 Å². The molecule has 0 aromatic carbocycles. The molecule has 1 aromatic rings. The van der Waals surface area contributed by atoms with Crippen molar-refractivity contribution < 1.29 is 9.59 Å². The molecule has 2 rings (SSSR count). The molecule has 1 aliphatic heterocycles. The summed E-state index contributed by atoms with van der Waals surface area (Å²) in [6.45, 7) is 10.7. The third-order valence-electron chi connectivity index (χ3n) is 4.88. The lowest BCUT2D eigenvalue weighted by Crippen LogP contribution is -2.52. The first kappa shape index (κ1) is 17.6. The number of piperazine rings is 1. The number of carbonyl (C=O) groups is 2. The molecule has 1 fully saturated rings. The van der Waals surface area contributed by atoms with Gasteiger partial charge in [0.05, 0.1) is 6.42 Å². The third kappa shape index (κ3) is 4.15. The summed E-state index contributed by atoms with van der Waals surface area (Å²) in [5.74, 6) is 0.531. The zero-order valence-corrected chi connectivity index (χ0v) is 14.8. The topological polar surface area (TPSA) is 56.4 Å². The van der Waals surface area contributed by atoms with E-state index in [2.05, 4.69) is 18.8 Å². The van der Waals surface area contributed by atoms with Gasteiger partial charge in [0.15, 0.2) is 0 Å². The molecular weight excluding hydrogens is 290 g/mol. The van der Waals surface area contributed by atoms with Crippen LogP contribution in [-0.2, 0) is 16.0 Å². The van der Waals surface area contributed by atoms with Crippen molar-refractivity contribution in [3.63, 3.8) is 0 Å². The number of rotatable bonds is 5. The van der Waals surface area contributed by atoms with Gasteiger partial charge in [-0.05, 0) is 38.3 Å². The number of hydrogen-bond acceptors (Lipinski definition) is 2. The highest BCUT2D eigenvalue weighted by molar-refractivity contribution is 5.81. The van der Waals surface area contributed by atoms with Crippen molar-refractivity contribution >= 4 is 11.8 Å². The number of aryl methyl sites for hydroxylation is 2. The Hall–Kier alpha value is -1.78. The van der Waals surface area contributed by atoms with Crippen LogP contribution in [0.15, 0.2) is 6.07 Å². The van der Waals surface area contributed by atoms with Crippen molar-refractivity contribution in [3.8, 4) is 0 Å². The molecule has 0 radical (unpaired) electrons. The Morgan fingerprint density at radius 1 is 1.09 bits per heavy atom. The van der Waals surface area contributed by atoms with Gasteiger partial charge >= 0.3 is 0 Å². The van der Waals surface area contributed by atoms with Crippen LogP contribution in [0.25, 0.3) is 0 Å². The number of amides is 2. The molecule has 1 aromatic heterocycles. The number of aromatic amines is 1. The molecule has 23 heavy (non-hydrogen) atoms. The van der Waals surface area contributed by atoms with E-state index in [4.69, 9.17) is 0 Å². The largest absolute Gasteiger partial charge is 0.362 e. The van der Waals surface area contributed by atoms with E-state index < -0.39 is 0 Å². The quantitative estimate of drug-likeness (QED) is 0.905. The second-order valence-electron chi connectivity index (χ2n) is 6.50. The highest BCUT2D eigenvalue weighted by Gasteiger charge is 2.27. The van der Waals surface area contributed by atoms with Crippen LogP contribution in [0.3, 0.4) is 0 Å². The van der Waals surface area contributed by atoms with E-state index in [9.17, 15) is 9.59 Å². The van der Waals surface area contributed by atoms with Gasteiger partial charge in [0.2, 0.25) is 11.8 Å². The number of nitrogens with one attached hydrogen (secondary N) is 1. The zero-order valence-electron chi connectivity index (χ0n) is 14.8. The number of aromatic nitrogens is 1. The number of H-pyrrole nitrogens is 1. The van der Waals surface area contributed by atoms with Crippen LogP contribution in [0.4, 0.5) is 0 Å². The van der Waals surface area contributed by atoms with Crippen molar-refractivity contribution in [3.05, 3.63) is 23.0 Å². The zero-order chi connectivity index (χ0) is 17.0. The maximum atomic E-state index is 12.5. The summed E-state index contributed by atoms with van der Waals surface area (Å²) in [5, 5.41) is 0. The van der Waals surface area contributed by atoms with Gasteiger partial charge in [-0.3, -0.25) is 9.59 Å². The smallest absolute Gasteiger partial charge is 0.227 e. The SMILES string of the molecule is CCC(CC)C(=O)N1CCN(C(=O)Cc2cc(C)[nH]c2C)CC1. The van der Waals surface area contributed by atoms with Crippen LogP contribution in [-0.4, -0.2) is 52.8 Å². The van der Waals surface area contributed by atoms with Gasteiger partial charge < -0.3 is 14.8 Å². The first-order valence-corrected chi connectivity index (χ1v) is 8.67. The molecule has 5 nitrogen and oxygen atoms in total. The summed E-state index contributed by atoms with van der Waals surface area (Å²) >= 11 is 0. The lowest BCUT2D eigenvalue weighted by atomic mass is 10.0. The summed E-state index contributed by atoms with van der Waals surface area (Å²) in [7, 11) is 0. The predicted molar refractivity (Wildman–Crippen MR) is 91.2 cm³/mol. The first-order chi connectivity index (χ1) is 11.0. The van der Waals surface area contributed by atoms with Crippen LogP contribution >= 0.6 is 0 Å². The normalized spacial score (nSPS) is 15.3. The van der Waals surface area contributed by atoms with E-state index in [0.717, 1.165) is 29.8 Å². The number of hydrogen-bond donors (Lipinski definition) is 1. The Morgan fingerprint density at radius 2 is 1.65 bits per heavy atom. The van der Waals surface area contributed by atoms with Crippen LogP contribution < -0.4 is 0 Å². The van der Waals surface area contributed by atoms with Crippen LogP contribution in [0.2, 0.25) is 0 Å². The minimum atomic E-state index is 0.128. The third-order valence-corrected chi connectivity index (χ3v) is 4.88. The molecule has 1 N–H and O–H groups in total. The Bertz CT molecular complexity index is 553. The Kier molecular flexibility index (Phi) is 5.85. The van der Waals surface area contributed by atoms with Crippen molar-refractivity contribution in [1.29, 1.82) is 0 Å². The van der Waals surface area contributed by atoms with E-state index in [1.807, 2.05) is 29.7 Å². The highest BCUT2D eigenvalue weighted by atomic mass is 16.2. The molecule has 0 unspecified atom stereocenters. The van der Waals surface area contributed by atoms with Crippen LogP contribution in [0.1, 0.15) is 43.6 Å². The summed E-state index contributed by atoms with van der Waals surface area (Å²) < 4.78 is 0. The molecule has 0 saturated carbocycles. The van der Waals surface area contributed by atoms with Crippen molar-refractivity contribution in [2.24, 2.45) is 5.92 Å². The Morgan fingerprint density at radius 3 is 2.13 bits per heavy atom. The van der Waals surface area contributed by atoms with Gasteiger partial charge in [0.1, 0.15) is 0 Å². The van der Waals surface area contributed by atoms with E-state index >= 15 is 0 Å². The second-order valence-corrected chi connectivity index (χ2v) is 6.50. The lowest BCUT2D eigenvalue weighted by molar-refractivity contribution is -0.142. The molecule has 0 spiro atoms. The van der Waals surface area contributed by atoms with E-state index in [1.54, 1.807) is 0 Å². The van der Waals surface area contributed by atoms with Gasteiger partial charge in [0, 0.05) is 43.5 Å². The minimum Gasteiger partial charge on any atom is -0.362 e. The fourth-order valence-electron chi connectivity index (χ4n) is 3.31. The Labute approximate surface area is 139 Å². The predicted octanol–water partition coefficient (Wildman–Crippen LogP) is 2.28. The van der Waals surface area contributed by atoms with Crippen LogP contribution in [0, 0.1) is 19.8 Å². The summed E-state index contributed by atoms with van der Waals surface area (Å²) in [5.41, 5.74) is 3.23.